The maximum atomic E-state index is 12.7. The number of anilines is 1. The van der Waals surface area contributed by atoms with E-state index >= 15 is 0 Å². The van der Waals surface area contributed by atoms with Crippen molar-refractivity contribution in [3.8, 4) is 0 Å². The molecule has 2 aromatic carbocycles. The monoisotopic (exact) mass is 392 g/mol. The second kappa shape index (κ2) is 9.68. The number of aliphatic carboxylic acids is 1. The van der Waals surface area contributed by atoms with E-state index in [4.69, 9.17) is 0 Å². The molecule has 150 valence electrons. The first kappa shape index (κ1) is 20.3. The number of carbonyl (C=O) groups is 3. The average Bonchev–Trinajstić information content (AvgIpc) is 2.74. The summed E-state index contributed by atoms with van der Waals surface area (Å²) in [5.41, 5.74) is 1.86. The molecule has 0 heterocycles. The quantitative estimate of drug-likeness (QED) is 0.630. The molecule has 29 heavy (non-hydrogen) atoms. The highest BCUT2D eigenvalue weighted by atomic mass is 16.4. The zero-order valence-corrected chi connectivity index (χ0v) is 16.0. The number of amides is 2. The number of carboxylic acid groups (broad SMARTS) is 1. The molecule has 0 saturated heterocycles. The molecule has 0 spiro atoms. The number of carbonyl (C=O) groups excluding carboxylic acids is 2. The van der Waals surface area contributed by atoms with E-state index in [1.807, 2.05) is 36.4 Å². The van der Waals surface area contributed by atoms with Crippen LogP contribution in [0.2, 0.25) is 0 Å². The first-order valence-corrected chi connectivity index (χ1v) is 9.66. The van der Waals surface area contributed by atoms with Gasteiger partial charge in [-0.25, -0.2) is 0 Å². The van der Waals surface area contributed by atoms with Crippen LogP contribution in [-0.4, -0.2) is 29.4 Å². The van der Waals surface area contributed by atoms with Crippen LogP contribution < -0.4 is 10.6 Å². The van der Waals surface area contributed by atoms with Crippen molar-refractivity contribution >= 4 is 23.5 Å². The lowest BCUT2D eigenvalue weighted by molar-refractivity contribution is -0.146. The minimum Gasteiger partial charge on any atom is -0.481 e. The van der Waals surface area contributed by atoms with Gasteiger partial charge in [-0.05, 0) is 37.0 Å². The first-order chi connectivity index (χ1) is 14.1. The molecule has 2 aromatic rings. The predicted octanol–water partition coefficient (Wildman–Crippen LogP) is 3.26. The van der Waals surface area contributed by atoms with Crippen LogP contribution in [0.15, 0.2) is 66.7 Å². The van der Waals surface area contributed by atoms with Crippen molar-refractivity contribution in [1.82, 2.24) is 5.32 Å². The van der Waals surface area contributed by atoms with E-state index in [0.29, 0.717) is 37.1 Å². The highest BCUT2D eigenvalue weighted by Gasteiger charge is 2.34. The fraction of sp³-hybridized carbons (Fsp3) is 0.261. The standard InChI is InChI=1S/C23H24N2O4/c26-21(24-15-14-16-8-2-1-3-9-16)19-12-6-7-13-20(19)25-22(27)17-10-4-5-11-18(17)23(28)29/h1-9,12-13,17-18H,10-11,14-15H2,(H,24,26)(H,25,27)(H,28,29)/t17-,18-/m0/s1. The van der Waals surface area contributed by atoms with Gasteiger partial charge in [-0.2, -0.15) is 0 Å². The van der Waals surface area contributed by atoms with Gasteiger partial charge in [0, 0.05) is 6.54 Å². The Bertz CT molecular complexity index is 908. The van der Waals surface area contributed by atoms with Gasteiger partial charge in [0.05, 0.1) is 23.1 Å². The van der Waals surface area contributed by atoms with Gasteiger partial charge in [-0.1, -0.05) is 54.6 Å². The summed E-state index contributed by atoms with van der Waals surface area (Å²) in [5.74, 6) is -3.07. The van der Waals surface area contributed by atoms with E-state index in [-0.39, 0.29) is 11.8 Å². The minimum atomic E-state index is -0.985. The van der Waals surface area contributed by atoms with E-state index in [9.17, 15) is 19.5 Å². The fourth-order valence-electron chi connectivity index (χ4n) is 3.45. The molecular formula is C23H24N2O4. The van der Waals surface area contributed by atoms with Crippen molar-refractivity contribution in [2.45, 2.75) is 19.3 Å². The van der Waals surface area contributed by atoms with Gasteiger partial charge in [-0.3, -0.25) is 14.4 Å². The SMILES string of the molecule is O=C(NCCc1ccccc1)c1ccccc1NC(=O)[C@H]1CC=CC[C@@H]1C(=O)O. The van der Waals surface area contributed by atoms with Gasteiger partial charge in [0.25, 0.3) is 5.91 Å². The Morgan fingerprint density at radius 1 is 0.897 bits per heavy atom. The highest BCUT2D eigenvalue weighted by molar-refractivity contribution is 6.04. The molecule has 2 amide bonds. The lowest BCUT2D eigenvalue weighted by Gasteiger charge is -2.24. The summed E-state index contributed by atoms with van der Waals surface area (Å²) in [6.45, 7) is 0.472. The zero-order chi connectivity index (χ0) is 20.6. The van der Waals surface area contributed by atoms with Gasteiger partial charge in [0.1, 0.15) is 0 Å². The normalized spacial score (nSPS) is 18.1. The summed E-state index contributed by atoms with van der Waals surface area (Å²) in [5, 5.41) is 15.0. The van der Waals surface area contributed by atoms with E-state index in [2.05, 4.69) is 10.6 Å². The number of benzene rings is 2. The maximum Gasteiger partial charge on any atom is 0.307 e. The Balaban J connectivity index is 1.65. The number of rotatable bonds is 7. The van der Waals surface area contributed by atoms with E-state index in [1.54, 1.807) is 30.3 Å². The second-order valence-electron chi connectivity index (χ2n) is 7.02. The third-order valence-electron chi connectivity index (χ3n) is 5.06. The molecule has 6 nitrogen and oxygen atoms in total. The van der Waals surface area contributed by atoms with Gasteiger partial charge in [0.2, 0.25) is 5.91 Å². The molecule has 0 aromatic heterocycles. The lowest BCUT2D eigenvalue weighted by Crippen LogP contribution is -2.35. The molecule has 3 rings (SSSR count). The molecule has 2 atom stereocenters. The third kappa shape index (κ3) is 5.31. The van der Waals surface area contributed by atoms with E-state index in [1.165, 1.54) is 0 Å². The summed E-state index contributed by atoms with van der Waals surface area (Å²) in [6, 6.07) is 16.6. The summed E-state index contributed by atoms with van der Waals surface area (Å²) < 4.78 is 0. The van der Waals surface area contributed by atoms with Crippen LogP contribution in [0.25, 0.3) is 0 Å². The molecule has 0 aliphatic heterocycles. The number of carboxylic acids is 1. The second-order valence-corrected chi connectivity index (χ2v) is 7.02. The largest absolute Gasteiger partial charge is 0.481 e. The van der Waals surface area contributed by atoms with Crippen molar-refractivity contribution < 1.29 is 19.5 Å². The number of allylic oxidation sites excluding steroid dienone is 2. The summed E-state index contributed by atoms with van der Waals surface area (Å²) in [6.07, 6.45) is 5.02. The first-order valence-electron chi connectivity index (χ1n) is 9.66. The molecule has 1 aliphatic rings. The van der Waals surface area contributed by atoms with Crippen LogP contribution in [0, 0.1) is 11.8 Å². The van der Waals surface area contributed by atoms with Crippen molar-refractivity contribution in [3.63, 3.8) is 0 Å². The molecular weight excluding hydrogens is 368 g/mol. The van der Waals surface area contributed by atoms with Gasteiger partial charge in [-0.15, -0.1) is 0 Å². The maximum absolute atomic E-state index is 12.7. The predicted molar refractivity (Wildman–Crippen MR) is 111 cm³/mol. The average molecular weight is 392 g/mol. The molecule has 0 saturated carbocycles. The van der Waals surface area contributed by atoms with Crippen molar-refractivity contribution in [1.29, 1.82) is 0 Å². The number of hydrogen-bond donors (Lipinski definition) is 3. The van der Waals surface area contributed by atoms with Crippen molar-refractivity contribution in [2.24, 2.45) is 11.8 Å². The van der Waals surface area contributed by atoms with Gasteiger partial charge in [0.15, 0.2) is 0 Å². The summed E-state index contributed by atoms with van der Waals surface area (Å²) >= 11 is 0. The van der Waals surface area contributed by atoms with Crippen LogP contribution >= 0.6 is 0 Å². The topological polar surface area (TPSA) is 95.5 Å². The smallest absolute Gasteiger partial charge is 0.307 e. The lowest BCUT2D eigenvalue weighted by atomic mass is 9.82. The van der Waals surface area contributed by atoms with Crippen molar-refractivity contribution in [3.05, 3.63) is 77.9 Å². The number of para-hydroxylation sites is 1. The Morgan fingerprint density at radius 3 is 2.28 bits per heavy atom. The van der Waals surface area contributed by atoms with Crippen LogP contribution in [0.4, 0.5) is 5.69 Å². The zero-order valence-electron chi connectivity index (χ0n) is 16.0. The molecule has 1 aliphatic carbocycles. The van der Waals surface area contributed by atoms with Gasteiger partial charge >= 0.3 is 5.97 Å². The Morgan fingerprint density at radius 2 is 1.55 bits per heavy atom. The number of nitrogens with one attached hydrogen (secondary N) is 2. The summed E-state index contributed by atoms with van der Waals surface area (Å²) in [4.78, 5) is 36.8. The molecule has 6 heteroatoms. The van der Waals surface area contributed by atoms with Crippen molar-refractivity contribution in [2.75, 3.05) is 11.9 Å². The minimum absolute atomic E-state index is 0.282. The molecule has 0 fully saturated rings. The fourth-order valence-corrected chi connectivity index (χ4v) is 3.45. The van der Waals surface area contributed by atoms with Crippen LogP contribution in [0.5, 0.6) is 0 Å². The number of hydrogen-bond acceptors (Lipinski definition) is 3. The molecule has 0 bridgehead atoms. The third-order valence-corrected chi connectivity index (χ3v) is 5.06. The van der Waals surface area contributed by atoms with Crippen LogP contribution in [0.1, 0.15) is 28.8 Å². The van der Waals surface area contributed by atoms with Gasteiger partial charge < -0.3 is 15.7 Å². The Hall–Kier alpha value is -3.41. The molecule has 3 N–H and O–H groups in total. The molecule has 0 unspecified atom stereocenters. The van der Waals surface area contributed by atoms with E-state index < -0.39 is 17.8 Å². The van der Waals surface area contributed by atoms with Crippen LogP contribution in [-0.2, 0) is 16.0 Å². The summed E-state index contributed by atoms with van der Waals surface area (Å²) in [7, 11) is 0. The van der Waals surface area contributed by atoms with E-state index in [0.717, 1.165) is 5.56 Å². The Kier molecular flexibility index (Phi) is 6.79. The highest BCUT2D eigenvalue weighted by Crippen LogP contribution is 2.28. The Labute approximate surface area is 169 Å². The van der Waals surface area contributed by atoms with Crippen LogP contribution in [0.3, 0.4) is 0 Å². The molecule has 0 radical (unpaired) electrons.